The SMILES string of the molecule is CCc1cc(C[C@@H](CC(=O)N2CCC(N3CCc4ccccc4NC3=O)CC2)C(=O)N2CCC(N3CCCC3)CC2)cc(Cl)c1N. The molecule has 248 valence electrons. The maximum atomic E-state index is 14.1. The molecule has 3 saturated heterocycles. The van der Waals surface area contributed by atoms with Gasteiger partial charge in [0.1, 0.15) is 0 Å². The molecule has 46 heavy (non-hydrogen) atoms. The topological polar surface area (TPSA) is 102 Å². The number of carbonyl (C=O) groups excluding carboxylic acids is 3. The Bertz CT molecular complexity index is 1410. The second kappa shape index (κ2) is 14.6. The number of aryl methyl sites for hydroxylation is 1. The van der Waals surface area contributed by atoms with Gasteiger partial charge in [-0.2, -0.15) is 0 Å². The Balaban J connectivity index is 1.10. The predicted octanol–water partition coefficient (Wildman–Crippen LogP) is 5.20. The molecule has 2 aromatic rings. The maximum absolute atomic E-state index is 14.1. The minimum Gasteiger partial charge on any atom is -0.397 e. The van der Waals surface area contributed by atoms with E-state index >= 15 is 0 Å². The molecule has 4 aliphatic heterocycles. The van der Waals surface area contributed by atoms with Crippen LogP contribution in [0.4, 0.5) is 16.2 Å². The first-order valence-corrected chi connectivity index (χ1v) is 17.7. The lowest BCUT2D eigenvalue weighted by Crippen LogP contribution is -2.51. The standard InChI is InChI=1S/C36H49ClN6O3/c1-2-26-21-25(23-31(37)34(26)38)22-28(35(45)42-18-10-29(11-19-42)40-14-5-6-15-40)24-33(44)41-16-12-30(13-17-41)43-20-9-27-7-3-4-8-32(27)39-36(43)46/h3-4,7-8,21,23,28-30H,2,5-6,9-20,22,24,38H2,1H3,(H,39,46)/t28-/m0/s1. The quantitative estimate of drug-likeness (QED) is 0.383. The van der Waals surface area contributed by atoms with Crippen LogP contribution in [-0.2, 0) is 28.9 Å². The van der Waals surface area contributed by atoms with Gasteiger partial charge in [0.15, 0.2) is 0 Å². The Kier molecular flexibility index (Phi) is 10.4. The molecule has 2 aromatic carbocycles. The number of benzene rings is 2. The highest BCUT2D eigenvalue weighted by atomic mass is 35.5. The van der Waals surface area contributed by atoms with Gasteiger partial charge in [0, 0.05) is 56.9 Å². The molecule has 9 nitrogen and oxygen atoms in total. The summed E-state index contributed by atoms with van der Waals surface area (Å²) in [6.45, 7) is 7.67. The zero-order chi connectivity index (χ0) is 32.2. The van der Waals surface area contributed by atoms with Crippen LogP contribution in [0.25, 0.3) is 0 Å². The van der Waals surface area contributed by atoms with Gasteiger partial charge in [0.05, 0.1) is 16.6 Å². The van der Waals surface area contributed by atoms with Gasteiger partial charge in [-0.3, -0.25) is 9.59 Å². The molecule has 1 atom stereocenters. The fraction of sp³-hybridized carbons (Fsp3) is 0.583. The summed E-state index contributed by atoms with van der Waals surface area (Å²) >= 11 is 6.51. The summed E-state index contributed by atoms with van der Waals surface area (Å²) in [5, 5.41) is 3.58. The third-order valence-corrected chi connectivity index (χ3v) is 11.1. The van der Waals surface area contributed by atoms with E-state index in [1.807, 2.05) is 52.0 Å². The summed E-state index contributed by atoms with van der Waals surface area (Å²) in [5.41, 5.74) is 10.7. The van der Waals surface area contributed by atoms with E-state index in [0.717, 1.165) is 74.0 Å². The molecule has 0 saturated carbocycles. The van der Waals surface area contributed by atoms with Gasteiger partial charge < -0.3 is 30.7 Å². The number of para-hydroxylation sites is 1. The van der Waals surface area contributed by atoms with Crippen molar-refractivity contribution >= 4 is 40.8 Å². The van der Waals surface area contributed by atoms with Crippen molar-refractivity contribution in [2.45, 2.75) is 83.2 Å². The van der Waals surface area contributed by atoms with Crippen LogP contribution in [0.2, 0.25) is 5.02 Å². The minimum atomic E-state index is -0.465. The number of piperidine rings is 2. The third kappa shape index (κ3) is 7.31. The third-order valence-electron chi connectivity index (χ3n) is 10.7. The molecule has 4 heterocycles. The van der Waals surface area contributed by atoms with Crippen LogP contribution in [0.3, 0.4) is 0 Å². The molecule has 3 fully saturated rings. The van der Waals surface area contributed by atoms with Crippen LogP contribution in [0.1, 0.15) is 68.6 Å². The largest absolute Gasteiger partial charge is 0.397 e. The Morgan fingerprint density at radius 1 is 0.935 bits per heavy atom. The van der Waals surface area contributed by atoms with E-state index in [-0.39, 0.29) is 30.3 Å². The highest BCUT2D eigenvalue weighted by Gasteiger charge is 2.35. The van der Waals surface area contributed by atoms with E-state index in [0.29, 0.717) is 42.8 Å². The van der Waals surface area contributed by atoms with Crippen molar-refractivity contribution < 1.29 is 14.4 Å². The van der Waals surface area contributed by atoms with Crippen LogP contribution >= 0.6 is 11.6 Å². The number of nitrogen functional groups attached to an aromatic ring is 1. The summed E-state index contributed by atoms with van der Waals surface area (Å²) in [4.78, 5) is 49.4. The van der Waals surface area contributed by atoms with E-state index in [9.17, 15) is 14.4 Å². The number of fused-ring (bicyclic) bond motifs is 1. The first-order valence-electron chi connectivity index (χ1n) is 17.3. The summed E-state index contributed by atoms with van der Waals surface area (Å²) in [6.07, 6.45) is 8.14. The van der Waals surface area contributed by atoms with Crippen molar-refractivity contribution in [3.05, 3.63) is 58.1 Å². The van der Waals surface area contributed by atoms with Crippen LogP contribution in [0, 0.1) is 5.92 Å². The molecule has 4 aliphatic rings. The van der Waals surface area contributed by atoms with Gasteiger partial charge in [-0.05, 0) is 99.7 Å². The number of nitrogens with two attached hydrogens (primary N) is 1. The number of anilines is 2. The Hall–Kier alpha value is -3.30. The van der Waals surface area contributed by atoms with Gasteiger partial charge in [0.25, 0.3) is 0 Å². The molecule has 0 aromatic heterocycles. The van der Waals surface area contributed by atoms with E-state index in [1.54, 1.807) is 0 Å². The Morgan fingerprint density at radius 2 is 1.61 bits per heavy atom. The normalized spacial score (nSPS) is 20.7. The number of amides is 4. The van der Waals surface area contributed by atoms with Crippen LogP contribution in [0.5, 0.6) is 0 Å². The summed E-state index contributed by atoms with van der Waals surface area (Å²) in [6, 6.07) is 12.4. The number of urea groups is 1. The molecule has 3 N–H and O–H groups in total. The molecule has 0 bridgehead atoms. The van der Waals surface area contributed by atoms with Crippen molar-refractivity contribution in [3.63, 3.8) is 0 Å². The number of carbonyl (C=O) groups is 3. The summed E-state index contributed by atoms with van der Waals surface area (Å²) < 4.78 is 0. The van der Waals surface area contributed by atoms with E-state index < -0.39 is 5.92 Å². The van der Waals surface area contributed by atoms with Crippen molar-refractivity contribution in [2.75, 3.05) is 56.9 Å². The fourth-order valence-electron chi connectivity index (χ4n) is 8.00. The highest BCUT2D eigenvalue weighted by molar-refractivity contribution is 6.33. The van der Waals surface area contributed by atoms with Crippen LogP contribution < -0.4 is 11.1 Å². The predicted molar refractivity (Wildman–Crippen MR) is 183 cm³/mol. The highest BCUT2D eigenvalue weighted by Crippen LogP contribution is 2.30. The van der Waals surface area contributed by atoms with Crippen LogP contribution in [0.15, 0.2) is 36.4 Å². The van der Waals surface area contributed by atoms with E-state index in [1.165, 1.54) is 25.9 Å². The number of halogens is 1. The lowest BCUT2D eigenvalue weighted by atomic mass is 9.91. The van der Waals surface area contributed by atoms with E-state index in [4.69, 9.17) is 17.3 Å². The smallest absolute Gasteiger partial charge is 0.322 e. The Labute approximate surface area is 278 Å². The van der Waals surface area contributed by atoms with Crippen molar-refractivity contribution in [1.82, 2.24) is 19.6 Å². The minimum absolute atomic E-state index is 0.00809. The van der Waals surface area contributed by atoms with Crippen molar-refractivity contribution in [1.29, 1.82) is 0 Å². The number of hydrogen-bond donors (Lipinski definition) is 2. The molecule has 4 amide bonds. The molecular formula is C36H49ClN6O3. The summed E-state index contributed by atoms with van der Waals surface area (Å²) in [7, 11) is 0. The monoisotopic (exact) mass is 648 g/mol. The average Bonchev–Trinajstić information content (AvgIpc) is 3.56. The zero-order valence-electron chi connectivity index (χ0n) is 27.2. The number of rotatable bonds is 8. The number of nitrogens with zero attached hydrogens (tertiary/aromatic N) is 4. The van der Waals surface area contributed by atoms with Gasteiger partial charge in [-0.15, -0.1) is 0 Å². The number of nitrogens with one attached hydrogen (secondary N) is 1. The zero-order valence-corrected chi connectivity index (χ0v) is 27.9. The molecule has 0 aliphatic carbocycles. The maximum Gasteiger partial charge on any atom is 0.322 e. The summed E-state index contributed by atoms with van der Waals surface area (Å²) in [5.74, 6) is -0.392. The second-order valence-electron chi connectivity index (χ2n) is 13.6. The van der Waals surface area contributed by atoms with Gasteiger partial charge in [-0.1, -0.05) is 42.8 Å². The van der Waals surface area contributed by atoms with Gasteiger partial charge in [-0.25, -0.2) is 4.79 Å². The second-order valence-corrected chi connectivity index (χ2v) is 14.0. The molecule has 0 unspecified atom stereocenters. The molecule has 10 heteroatoms. The molecule has 6 rings (SSSR count). The number of hydrogen-bond acceptors (Lipinski definition) is 5. The average molecular weight is 649 g/mol. The van der Waals surface area contributed by atoms with Crippen LogP contribution in [-0.4, -0.2) is 95.3 Å². The molecular weight excluding hydrogens is 600 g/mol. The van der Waals surface area contributed by atoms with Gasteiger partial charge in [0.2, 0.25) is 11.8 Å². The first-order chi connectivity index (χ1) is 22.3. The lowest BCUT2D eigenvalue weighted by Gasteiger charge is -2.39. The first kappa shape index (κ1) is 32.6. The van der Waals surface area contributed by atoms with Gasteiger partial charge >= 0.3 is 6.03 Å². The van der Waals surface area contributed by atoms with Crippen molar-refractivity contribution in [2.24, 2.45) is 5.92 Å². The van der Waals surface area contributed by atoms with Crippen molar-refractivity contribution in [3.8, 4) is 0 Å². The Morgan fingerprint density at radius 3 is 2.33 bits per heavy atom. The van der Waals surface area contributed by atoms with E-state index in [2.05, 4.69) is 16.3 Å². The lowest BCUT2D eigenvalue weighted by molar-refractivity contribution is -0.143. The number of likely N-dealkylation sites (tertiary alicyclic amines) is 3. The molecule has 0 spiro atoms. The molecule has 0 radical (unpaired) electrons. The fourth-order valence-corrected chi connectivity index (χ4v) is 8.26.